The lowest BCUT2D eigenvalue weighted by molar-refractivity contribution is -0.679. The average Bonchev–Trinajstić information content (AvgIpc) is 3.33. The van der Waals surface area contributed by atoms with Gasteiger partial charge >= 0.3 is 0 Å². The number of hydrazone groups is 1. The van der Waals surface area contributed by atoms with E-state index in [4.69, 9.17) is 21.4 Å². The van der Waals surface area contributed by atoms with Gasteiger partial charge in [0.25, 0.3) is 18.0 Å². The topological polar surface area (TPSA) is 65.2 Å². The first-order chi connectivity index (χ1) is 17.5. The lowest BCUT2D eigenvalue weighted by atomic mass is 9.98. The number of carbonyl (C=O) groups is 1. The molecule has 9 heteroatoms. The highest BCUT2D eigenvalue weighted by molar-refractivity contribution is 6.31. The van der Waals surface area contributed by atoms with E-state index in [1.165, 1.54) is 0 Å². The summed E-state index contributed by atoms with van der Waals surface area (Å²) in [7, 11) is 3.55. The molecule has 0 N–H and O–H groups in total. The number of ether oxygens (including phenoxy) is 1. The Hall–Kier alpha value is -3.65. The summed E-state index contributed by atoms with van der Waals surface area (Å²) < 4.78 is 7.24. The maximum absolute atomic E-state index is 13.4. The number of methoxy groups -OCH3 is 1. The van der Waals surface area contributed by atoms with Crippen molar-refractivity contribution in [1.29, 1.82) is 0 Å². The Balaban J connectivity index is 1.28. The molecule has 2 aliphatic heterocycles. The normalized spacial score (nSPS) is 17.8. The summed E-state index contributed by atoms with van der Waals surface area (Å²) in [6, 6.07) is 19.9. The Labute approximate surface area is 216 Å². The Morgan fingerprint density at radius 2 is 1.86 bits per heavy atom. The van der Waals surface area contributed by atoms with Gasteiger partial charge in [-0.25, -0.2) is 4.57 Å². The first kappa shape index (κ1) is 24.1. The molecule has 1 atom stereocenters. The molecule has 5 rings (SSSR count). The molecule has 0 spiro atoms. The molecule has 1 fully saturated rings. The van der Waals surface area contributed by atoms with E-state index in [2.05, 4.69) is 22.0 Å². The number of aromatic nitrogens is 2. The maximum Gasteiger partial charge on any atom is 0.291 e. The van der Waals surface area contributed by atoms with Gasteiger partial charge in [-0.2, -0.15) is 5.10 Å². The lowest BCUT2D eigenvalue weighted by Crippen LogP contribution is -2.51. The first-order valence-corrected chi connectivity index (χ1v) is 12.5. The number of hydrogen-bond acceptors (Lipinski definition) is 6. The summed E-state index contributed by atoms with van der Waals surface area (Å²) in [5.41, 5.74) is 3.08. The minimum Gasteiger partial charge on any atom is -0.465 e. The van der Waals surface area contributed by atoms with Crippen LogP contribution in [0.1, 0.15) is 23.6 Å². The smallest absolute Gasteiger partial charge is 0.291 e. The molecule has 3 heterocycles. The molecular weight excluding hydrogens is 476 g/mol. The Morgan fingerprint density at radius 1 is 1.08 bits per heavy atom. The van der Waals surface area contributed by atoms with Crippen LogP contribution in [0.4, 0.5) is 5.82 Å². The van der Waals surface area contributed by atoms with Crippen molar-refractivity contribution in [3.8, 4) is 5.88 Å². The molecule has 2 aliphatic rings. The monoisotopic (exact) mass is 505 g/mol. The number of aryl methyl sites for hydroxylation is 1. The Bertz CT molecular complexity index is 1260. The Kier molecular flexibility index (Phi) is 7.04. The predicted octanol–water partition coefficient (Wildman–Crippen LogP) is 3.07. The van der Waals surface area contributed by atoms with Crippen LogP contribution in [0.15, 0.2) is 72.1 Å². The van der Waals surface area contributed by atoms with Crippen molar-refractivity contribution >= 4 is 29.0 Å². The summed E-state index contributed by atoms with van der Waals surface area (Å²) >= 11 is 6.23. The number of piperazine rings is 1. The highest BCUT2D eigenvalue weighted by atomic mass is 35.5. The molecule has 36 heavy (non-hydrogen) atoms. The van der Waals surface area contributed by atoms with Crippen LogP contribution in [0.25, 0.3) is 0 Å². The summed E-state index contributed by atoms with van der Waals surface area (Å²) in [6.07, 6.45) is 2.47. The molecule has 8 nitrogen and oxygen atoms in total. The maximum atomic E-state index is 13.4. The molecule has 1 unspecified atom stereocenters. The predicted molar refractivity (Wildman–Crippen MR) is 139 cm³/mol. The second-order valence-corrected chi connectivity index (χ2v) is 9.49. The van der Waals surface area contributed by atoms with Gasteiger partial charge in [-0.1, -0.05) is 54.1 Å². The Morgan fingerprint density at radius 3 is 2.58 bits per heavy atom. The number of benzene rings is 2. The fraction of sp³-hybridized carbons (Fsp3) is 0.333. The van der Waals surface area contributed by atoms with Crippen molar-refractivity contribution in [1.82, 2.24) is 14.9 Å². The highest BCUT2D eigenvalue weighted by Crippen LogP contribution is 2.33. The van der Waals surface area contributed by atoms with E-state index >= 15 is 0 Å². The molecule has 0 radical (unpaired) electrons. The number of nitrogens with zero attached hydrogens (tertiary/aromatic N) is 6. The number of amides is 1. The van der Waals surface area contributed by atoms with Crippen LogP contribution >= 0.6 is 11.6 Å². The van der Waals surface area contributed by atoms with Gasteiger partial charge in [0, 0.05) is 37.6 Å². The van der Waals surface area contributed by atoms with Crippen LogP contribution in [0, 0.1) is 0 Å². The SMILES string of the molecule is COc1cc(N2CCN(C(=O)CN3N=C(c4cccc(Cl)c4)CC3c3ccccc3)CC2)nc[n+]1C. The van der Waals surface area contributed by atoms with E-state index in [1.807, 2.05) is 70.1 Å². The van der Waals surface area contributed by atoms with E-state index in [0.717, 1.165) is 48.0 Å². The fourth-order valence-electron chi connectivity index (χ4n) is 4.76. The van der Waals surface area contributed by atoms with Gasteiger partial charge in [0.2, 0.25) is 5.91 Å². The molecule has 0 bridgehead atoms. The first-order valence-electron chi connectivity index (χ1n) is 12.1. The summed E-state index contributed by atoms with van der Waals surface area (Å²) in [5.74, 6) is 1.68. The third-order valence-electron chi connectivity index (χ3n) is 6.76. The lowest BCUT2D eigenvalue weighted by Gasteiger charge is -2.35. The molecule has 3 aromatic rings. The van der Waals surface area contributed by atoms with Crippen LogP contribution in [0.2, 0.25) is 5.02 Å². The number of anilines is 1. The number of carbonyl (C=O) groups excluding carboxylic acids is 1. The molecule has 2 aromatic carbocycles. The second-order valence-electron chi connectivity index (χ2n) is 9.05. The quantitative estimate of drug-likeness (QED) is 0.482. The van der Waals surface area contributed by atoms with Crippen molar-refractivity contribution in [2.75, 3.05) is 44.7 Å². The van der Waals surface area contributed by atoms with Gasteiger partial charge < -0.3 is 14.5 Å². The third kappa shape index (κ3) is 5.14. The molecule has 1 aromatic heterocycles. The molecular formula is C27H30ClN6O2+. The molecule has 1 saturated heterocycles. The van der Waals surface area contributed by atoms with Crippen molar-refractivity contribution in [2.24, 2.45) is 12.1 Å². The molecule has 1 amide bonds. The minimum absolute atomic E-state index is 0.00661. The van der Waals surface area contributed by atoms with Crippen molar-refractivity contribution in [3.05, 3.63) is 83.1 Å². The number of halogens is 1. The van der Waals surface area contributed by atoms with Gasteiger partial charge in [0.1, 0.15) is 6.54 Å². The zero-order chi connectivity index (χ0) is 25.1. The summed E-state index contributed by atoms with van der Waals surface area (Å²) in [4.78, 5) is 22.0. The summed E-state index contributed by atoms with van der Waals surface area (Å²) in [6.45, 7) is 2.94. The largest absolute Gasteiger partial charge is 0.465 e. The van der Waals surface area contributed by atoms with Gasteiger partial charge in [-0.05, 0) is 28.2 Å². The van der Waals surface area contributed by atoms with Gasteiger partial charge in [0.15, 0.2) is 0 Å². The number of rotatable bonds is 6. The summed E-state index contributed by atoms with van der Waals surface area (Å²) in [5, 5.41) is 7.50. The fourth-order valence-corrected chi connectivity index (χ4v) is 4.95. The van der Waals surface area contributed by atoms with Gasteiger partial charge in [-0.15, -0.1) is 0 Å². The third-order valence-corrected chi connectivity index (χ3v) is 7.00. The van der Waals surface area contributed by atoms with E-state index < -0.39 is 0 Å². The van der Waals surface area contributed by atoms with Crippen LogP contribution in [0.3, 0.4) is 0 Å². The second kappa shape index (κ2) is 10.5. The van der Waals surface area contributed by atoms with Crippen molar-refractivity contribution in [3.63, 3.8) is 0 Å². The van der Waals surface area contributed by atoms with E-state index in [-0.39, 0.29) is 18.5 Å². The van der Waals surface area contributed by atoms with Crippen molar-refractivity contribution < 1.29 is 14.1 Å². The minimum atomic E-state index is 0.00661. The van der Waals surface area contributed by atoms with E-state index in [1.54, 1.807) is 13.4 Å². The van der Waals surface area contributed by atoms with E-state index in [9.17, 15) is 4.79 Å². The van der Waals surface area contributed by atoms with Gasteiger partial charge in [0.05, 0.1) is 32.0 Å². The zero-order valence-corrected chi connectivity index (χ0v) is 21.3. The zero-order valence-electron chi connectivity index (χ0n) is 20.5. The van der Waals surface area contributed by atoms with E-state index in [0.29, 0.717) is 18.1 Å². The van der Waals surface area contributed by atoms with Gasteiger partial charge in [-0.3, -0.25) is 9.80 Å². The standard InChI is InChI=1S/C27H30ClN6O2/c1-31-19-29-25(17-27(31)36-2)32-11-13-33(14-12-32)26(35)18-34-24(20-7-4-3-5-8-20)16-23(30-34)21-9-6-10-22(28)15-21/h3-10,15,17,19,24H,11-14,16,18H2,1-2H3/q+1. The van der Waals surface area contributed by atoms with Crippen molar-refractivity contribution in [2.45, 2.75) is 12.5 Å². The molecule has 0 aliphatic carbocycles. The molecule has 186 valence electrons. The number of hydrogen-bond donors (Lipinski definition) is 0. The highest BCUT2D eigenvalue weighted by Gasteiger charge is 2.32. The van der Waals surface area contributed by atoms with Crippen LogP contribution in [-0.4, -0.2) is 66.3 Å². The van der Waals surface area contributed by atoms with Crippen LogP contribution in [0.5, 0.6) is 5.88 Å². The average molecular weight is 506 g/mol. The molecule has 0 saturated carbocycles. The van der Waals surface area contributed by atoms with Crippen LogP contribution in [-0.2, 0) is 11.8 Å². The van der Waals surface area contributed by atoms with Crippen LogP contribution < -0.4 is 14.2 Å².